The average Bonchev–Trinajstić information content (AvgIpc) is 3.04. The topological polar surface area (TPSA) is 79.4 Å². The van der Waals surface area contributed by atoms with Gasteiger partial charge in [0.15, 0.2) is 0 Å². The van der Waals surface area contributed by atoms with Gasteiger partial charge >= 0.3 is 0 Å². The molecule has 0 radical (unpaired) electrons. The van der Waals surface area contributed by atoms with E-state index in [1.807, 2.05) is 0 Å². The molecular formula is C14H15N3O3S2. The van der Waals surface area contributed by atoms with Gasteiger partial charge in [0.05, 0.1) is 16.3 Å². The molecule has 1 amide bonds. The van der Waals surface area contributed by atoms with Gasteiger partial charge in [0.25, 0.3) is 10.0 Å². The zero-order valence-electron chi connectivity index (χ0n) is 12.2. The van der Waals surface area contributed by atoms with Gasteiger partial charge in [-0.2, -0.15) is 4.37 Å². The van der Waals surface area contributed by atoms with Crippen molar-refractivity contribution in [2.24, 2.45) is 0 Å². The maximum Gasteiger partial charge on any atom is 0.262 e. The predicted octanol–water partition coefficient (Wildman–Crippen LogP) is 2.16. The number of hydrogen-bond acceptors (Lipinski definition) is 5. The van der Waals surface area contributed by atoms with Crippen molar-refractivity contribution in [1.29, 1.82) is 0 Å². The molecule has 2 heterocycles. The van der Waals surface area contributed by atoms with E-state index in [9.17, 15) is 13.2 Å². The third kappa shape index (κ3) is 2.59. The van der Waals surface area contributed by atoms with E-state index in [0.29, 0.717) is 23.6 Å². The van der Waals surface area contributed by atoms with Crippen LogP contribution in [0.25, 0.3) is 0 Å². The van der Waals surface area contributed by atoms with E-state index in [2.05, 4.69) is 9.10 Å². The summed E-state index contributed by atoms with van der Waals surface area (Å²) in [6.45, 7) is 3.82. The fraction of sp³-hybridized carbons (Fsp3) is 0.286. The largest absolute Gasteiger partial charge is 0.312 e. The fourth-order valence-electron chi connectivity index (χ4n) is 2.45. The summed E-state index contributed by atoms with van der Waals surface area (Å²) >= 11 is 1.20. The molecule has 0 aliphatic carbocycles. The van der Waals surface area contributed by atoms with Crippen LogP contribution in [0.3, 0.4) is 0 Å². The molecule has 0 spiro atoms. The Hall–Kier alpha value is -1.93. The molecule has 1 aliphatic rings. The van der Waals surface area contributed by atoms with Crippen LogP contribution in [-0.4, -0.2) is 25.2 Å². The van der Waals surface area contributed by atoms with Crippen molar-refractivity contribution in [3.63, 3.8) is 0 Å². The summed E-state index contributed by atoms with van der Waals surface area (Å²) < 4.78 is 31.6. The number of carbonyl (C=O) groups excluding carboxylic acids is 1. The number of nitrogens with zero attached hydrogens (tertiary/aromatic N) is 2. The Morgan fingerprint density at radius 2 is 2.18 bits per heavy atom. The van der Waals surface area contributed by atoms with Gasteiger partial charge in [-0.05, 0) is 42.6 Å². The highest BCUT2D eigenvalue weighted by Crippen LogP contribution is 2.31. The van der Waals surface area contributed by atoms with E-state index in [0.717, 1.165) is 12.0 Å². The second-order valence-corrected chi connectivity index (χ2v) is 7.44. The average molecular weight is 337 g/mol. The monoisotopic (exact) mass is 337 g/mol. The lowest BCUT2D eigenvalue weighted by Gasteiger charge is -2.16. The van der Waals surface area contributed by atoms with Crippen LogP contribution in [0.4, 0.5) is 11.4 Å². The van der Waals surface area contributed by atoms with Gasteiger partial charge in [-0.3, -0.25) is 9.52 Å². The Balaban J connectivity index is 1.97. The summed E-state index contributed by atoms with van der Waals surface area (Å²) in [6, 6.07) is 4.90. The lowest BCUT2D eigenvalue weighted by atomic mass is 10.2. The van der Waals surface area contributed by atoms with Crippen molar-refractivity contribution in [3.05, 3.63) is 34.8 Å². The van der Waals surface area contributed by atoms with Gasteiger partial charge in [0, 0.05) is 24.5 Å². The number of sulfonamides is 1. The molecule has 0 atom stereocenters. The van der Waals surface area contributed by atoms with E-state index in [1.165, 1.54) is 18.5 Å². The molecule has 116 valence electrons. The number of amides is 1. The summed E-state index contributed by atoms with van der Waals surface area (Å²) in [6.07, 6.45) is 0.746. The molecule has 1 aliphatic heterocycles. The molecule has 1 aromatic heterocycles. The van der Waals surface area contributed by atoms with Gasteiger partial charge in [-0.25, -0.2) is 8.42 Å². The minimum Gasteiger partial charge on any atom is -0.312 e. The summed E-state index contributed by atoms with van der Waals surface area (Å²) in [7, 11) is -3.70. The SMILES string of the molecule is CC(=O)N1CCc2ccc(S(=O)(=O)Nc3csnc3C)cc21. The minimum absolute atomic E-state index is 0.0841. The standard InChI is InChI=1S/C14H15N3O3S2/c1-9-13(8-21-15-9)16-22(19,20)12-4-3-11-5-6-17(10(2)18)14(11)7-12/h3-4,7-8,16H,5-6H2,1-2H3. The molecule has 0 unspecified atom stereocenters. The molecule has 1 N–H and O–H groups in total. The van der Waals surface area contributed by atoms with E-state index in [1.54, 1.807) is 35.4 Å². The van der Waals surface area contributed by atoms with Crippen molar-refractivity contribution in [1.82, 2.24) is 4.37 Å². The van der Waals surface area contributed by atoms with Gasteiger partial charge in [-0.1, -0.05) is 6.07 Å². The number of hydrogen-bond donors (Lipinski definition) is 1. The van der Waals surface area contributed by atoms with Crippen LogP contribution in [0, 0.1) is 6.92 Å². The van der Waals surface area contributed by atoms with Crippen LogP contribution in [0.1, 0.15) is 18.2 Å². The number of nitrogens with one attached hydrogen (secondary N) is 1. The molecule has 3 rings (SSSR count). The maximum atomic E-state index is 12.5. The molecule has 0 saturated heterocycles. The Bertz CT molecular complexity index is 843. The van der Waals surface area contributed by atoms with E-state index < -0.39 is 10.0 Å². The second kappa shape index (κ2) is 5.36. The molecule has 0 bridgehead atoms. The Morgan fingerprint density at radius 1 is 1.41 bits per heavy atom. The normalized spacial score (nSPS) is 14.0. The number of aromatic nitrogens is 1. The van der Waals surface area contributed by atoms with E-state index in [4.69, 9.17) is 0 Å². The Kier molecular flexibility index (Phi) is 3.65. The number of carbonyl (C=O) groups is 1. The van der Waals surface area contributed by atoms with Crippen LogP contribution >= 0.6 is 11.5 Å². The van der Waals surface area contributed by atoms with E-state index in [-0.39, 0.29) is 10.8 Å². The first-order valence-corrected chi connectivity index (χ1v) is 9.05. The summed E-state index contributed by atoms with van der Waals surface area (Å²) in [5, 5.41) is 1.65. The lowest BCUT2D eigenvalue weighted by Crippen LogP contribution is -2.26. The summed E-state index contributed by atoms with van der Waals surface area (Å²) in [5.74, 6) is -0.0841. The number of aryl methyl sites for hydroxylation is 1. The van der Waals surface area contributed by atoms with Crippen molar-refractivity contribution in [2.75, 3.05) is 16.2 Å². The van der Waals surface area contributed by atoms with E-state index >= 15 is 0 Å². The highest BCUT2D eigenvalue weighted by Gasteiger charge is 2.25. The molecule has 2 aromatic rings. The lowest BCUT2D eigenvalue weighted by molar-refractivity contribution is -0.116. The molecule has 6 nitrogen and oxygen atoms in total. The maximum absolute atomic E-state index is 12.5. The summed E-state index contributed by atoms with van der Waals surface area (Å²) in [5.41, 5.74) is 2.78. The Morgan fingerprint density at radius 3 is 2.82 bits per heavy atom. The first kappa shape index (κ1) is 15.0. The third-order valence-electron chi connectivity index (χ3n) is 3.64. The van der Waals surface area contributed by atoms with Crippen LogP contribution in [0.2, 0.25) is 0 Å². The van der Waals surface area contributed by atoms with Gasteiger partial charge in [0.1, 0.15) is 0 Å². The van der Waals surface area contributed by atoms with Crippen molar-refractivity contribution in [3.8, 4) is 0 Å². The van der Waals surface area contributed by atoms with Crippen LogP contribution in [0.15, 0.2) is 28.5 Å². The molecule has 0 fully saturated rings. The van der Waals surface area contributed by atoms with Crippen molar-refractivity contribution < 1.29 is 13.2 Å². The smallest absolute Gasteiger partial charge is 0.262 e. The second-order valence-electron chi connectivity index (χ2n) is 5.13. The zero-order chi connectivity index (χ0) is 15.9. The van der Waals surface area contributed by atoms with Crippen molar-refractivity contribution in [2.45, 2.75) is 25.2 Å². The molecule has 22 heavy (non-hydrogen) atoms. The molecular weight excluding hydrogens is 322 g/mol. The molecule has 0 saturated carbocycles. The summed E-state index contributed by atoms with van der Waals surface area (Å²) in [4.78, 5) is 13.4. The number of anilines is 2. The number of rotatable bonds is 3. The number of benzene rings is 1. The predicted molar refractivity (Wildman–Crippen MR) is 85.8 cm³/mol. The van der Waals surface area contributed by atoms with Crippen LogP contribution in [-0.2, 0) is 21.2 Å². The molecule has 8 heteroatoms. The zero-order valence-corrected chi connectivity index (χ0v) is 13.8. The van der Waals surface area contributed by atoms with Gasteiger partial charge < -0.3 is 4.90 Å². The molecule has 1 aromatic carbocycles. The van der Waals surface area contributed by atoms with Crippen LogP contribution in [0.5, 0.6) is 0 Å². The first-order chi connectivity index (χ1) is 10.4. The quantitative estimate of drug-likeness (QED) is 0.931. The third-order valence-corrected chi connectivity index (χ3v) is 5.72. The highest BCUT2D eigenvalue weighted by molar-refractivity contribution is 7.92. The fourth-order valence-corrected chi connectivity index (χ4v) is 4.29. The highest BCUT2D eigenvalue weighted by atomic mass is 32.2. The van der Waals surface area contributed by atoms with Gasteiger partial charge in [-0.15, -0.1) is 0 Å². The van der Waals surface area contributed by atoms with Gasteiger partial charge in [0.2, 0.25) is 5.91 Å². The Labute approximate surface area is 133 Å². The number of fused-ring (bicyclic) bond motifs is 1. The van der Waals surface area contributed by atoms with Crippen LogP contribution < -0.4 is 9.62 Å². The first-order valence-electron chi connectivity index (χ1n) is 6.73. The van der Waals surface area contributed by atoms with Crippen molar-refractivity contribution >= 4 is 38.8 Å². The minimum atomic E-state index is -3.70.